The molecule has 1 aromatic carbocycles. The fraction of sp³-hybridized carbons (Fsp3) is 0.412. The summed E-state index contributed by atoms with van der Waals surface area (Å²) in [6.07, 6.45) is 6.43. The van der Waals surface area contributed by atoms with Crippen molar-refractivity contribution in [2.75, 3.05) is 11.4 Å². The molecule has 4 nitrogen and oxygen atoms in total. The highest BCUT2D eigenvalue weighted by molar-refractivity contribution is 6.22. The maximum atomic E-state index is 12.6. The second-order valence-electron chi connectivity index (χ2n) is 6.05. The third-order valence-corrected chi connectivity index (χ3v) is 4.84. The number of nitrogens with one attached hydrogen (secondary N) is 1. The van der Waals surface area contributed by atoms with Crippen molar-refractivity contribution in [1.29, 1.82) is 0 Å². The molecule has 2 heterocycles. The first-order valence-electron chi connectivity index (χ1n) is 7.61. The van der Waals surface area contributed by atoms with Crippen LogP contribution in [0.15, 0.2) is 30.4 Å². The predicted octanol–water partition coefficient (Wildman–Crippen LogP) is 1.79. The molecule has 2 amide bonds. The van der Waals surface area contributed by atoms with Crippen molar-refractivity contribution in [3.05, 3.63) is 41.5 Å². The number of allylic oxidation sites excluding steroid dienone is 2. The number of hydrogen-bond acceptors (Lipinski definition) is 3. The number of imide groups is 1. The lowest BCUT2D eigenvalue weighted by molar-refractivity contribution is -0.122. The average molecular weight is 282 g/mol. The van der Waals surface area contributed by atoms with Crippen LogP contribution in [-0.2, 0) is 22.6 Å². The van der Waals surface area contributed by atoms with Gasteiger partial charge < -0.3 is 5.32 Å². The van der Waals surface area contributed by atoms with Gasteiger partial charge in [0, 0.05) is 6.54 Å². The number of fused-ring (bicyclic) bond motifs is 2. The van der Waals surface area contributed by atoms with Gasteiger partial charge in [-0.1, -0.05) is 18.2 Å². The highest BCUT2D eigenvalue weighted by Gasteiger charge is 2.47. The zero-order chi connectivity index (χ0) is 14.4. The third-order valence-electron chi connectivity index (χ3n) is 4.84. The number of rotatable bonds is 1. The summed E-state index contributed by atoms with van der Waals surface area (Å²) in [6, 6.07) is 5.99. The minimum atomic E-state index is -0.156. The van der Waals surface area contributed by atoms with E-state index in [9.17, 15) is 9.59 Å². The molecule has 0 spiro atoms. The van der Waals surface area contributed by atoms with Gasteiger partial charge in [0.1, 0.15) is 0 Å². The van der Waals surface area contributed by atoms with E-state index in [0.717, 1.165) is 25.2 Å². The van der Waals surface area contributed by atoms with E-state index in [1.165, 1.54) is 16.0 Å². The zero-order valence-corrected chi connectivity index (χ0v) is 11.8. The van der Waals surface area contributed by atoms with Crippen LogP contribution in [0.25, 0.3) is 0 Å². The van der Waals surface area contributed by atoms with Gasteiger partial charge in [-0.2, -0.15) is 0 Å². The van der Waals surface area contributed by atoms with Gasteiger partial charge in [-0.25, -0.2) is 0 Å². The first-order chi connectivity index (χ1) is 10.3. The van der Waals surface area contributed by atoms with E-state index < -0.39 is 0 Å². The normalized spacial score (nSPS) is 27.7. The molecular formula is C17H18N2O2. The van der Waals surface area contributed by atoms with Crippen LogP contribution in [0.5, 0.6) is 0 Å². The first kappa shape index (κ1) is 12.8. The number of nitrogens with zero attached hydrogens (tertiary/aromatic N) is 1. The SMILES string of the molecule is O=C1C2CC=CCC2C(=O)N1c1ccc2c(c1)CNCC2. The second kappa shape index (κ2) is 4.81. The molecule has 21 heavy (non-hydrogen) atoms. The predicted molar refractivity (Wildman–Crippen MR) is 79.7 cm³/mol. The van der Waals surface area contributed by atoms with Crippen LogP contribution in [0.4, 0.5) is 5.69 Å². The Morgan fingerprint density at radius 1 is 1.00 bits per heavy atom. The van der Waals surface area contributed by atoms with Gasteiger partial charge in [0.15, 0.2) is 0 Å². The molecule has 1 N–H and O–H groups in total. The molecular weight excluding hydrogens is 264 g/mol. The van der Waals surface area contributed by atoms with Gasteiger partial charge >= 0.3 is 0 Å². The third kappa shape index (κ3) is 1.94. The van der Waals surface area contributed by atoms with Crippen molar-refractivity contribution in [2.45, 2.75) is 25.8 Å². The van der Waals surface area contributed by atoms with Crippen molar-refractivity contribution >= 4 is 17.5 Å². The number of carbonyl (C=O) groups is 2. The van der Waals surface area contributed by atoms with Gasteiger partial charge in [0.25, 0.3) is 0 Å². The van der Waals surface area contributed by atoms with Gasteiger partial charge in [-0.15, -0.1) is 0 Å². The largest absolute Gasteiger partial charge is 0.312 e. The molecule has 4 rings (SSSR count). The minimum absolute atomic E-state index is 0.0296. The van der Waals surface area contributed by atoms with E-state index >= 15 is 0 Å². The zero-order valence-electron chi connectivity index (χ0n) is 11.8. The molecule has 1 aliphatic carbocycles. The molecule has 1 fully saturated rings. The molecule has 3 aliphatic rings. The Bertz CT molecular complexity index is 624. The van der Waals surface area contributed by atoms with Crippen molar-refractivity contribution in [3.8, 4) is 0 Å². The van der Waals surface area contributed by atoms with Crippen LogP contribution < -0.4 is 10.2 Å². The second-order valence-corrected chi connectivity index (χ2v) is 6.05. The molecule has 0 bridgehead atoms. The number of hydrogen-bond donors (Lipinski definition) is 1. The Morgan fingerprint density at radius 3 is 2.43 bits per heavy atom. The van der Waals surface area contributed by atoms with Crippen LogP contribution in [-0.4, -0.2) is 18.4 Å². The Morgan fingerprint density at radius 2 is 1.71 bits per heavy atom. The summed E-state index contributed by atoms with van der Waals surface area (Å²) in [4.78, 5) is 26.6. The maximum Gasteiger partial charge on any atom is 0.238 e. The monoisotopic (exact) mass is 282 g/mol. The number of anilines is 1. The molecule has 4 heteroatoms. The highest BCUT2D eigenvalue weighted by Crippen LogP contribution is 2.38. The average Bonchev–Trinajstić information content (AvgIpc) is 2.79. The van der Waals surface area contributed by atoms with Crippen LogP contribution in [0, 0.1) is 11.8 Å². The van der Waals surface area contributed by atoms with Crippen LogP contribution in [0.2, 0.25) is 0 Å². The first-order valence-corrected chi connectivity index (χ1v) is 7.61. The van der Waals surface area contributed by atoms with E-state index in [-0.39, 0.29) is 23.7 Å². The lowest BCUT2D eigenvalue weighted by Crippen LogP contribution is -2.31. The Kier molecular flexibility index (Phi) is 2.93. The molecule has 108 valence electrons. The standard InChI is InChI=1S/C17H18N2O2/c20-16-14-3-1-2-4-15(14)17(21)19(16)13-6-5-11-7-8-18-10-12(11)9-13/h1-2,5-6,9,14-15,18H,3-4,7-8,10H2. The van der Waals surface area contributed by atoms with Crippen LogP contribution >= 0.6 is 0 Å². The summed E-state index contributed by atoms with van der Waals surface area (Å²) >= 11 is 0. The molecule has 1 aromatic rings. The molecule has 0 saturated carbocycles. The minimum Gasteiger partial charge on any atom is -0.312 e. The van der Waals surface area contributed by atoms with Crippen LogP contribution in [0.1, 0.15) is 24.0 Å². The van der Waals surface area contributed by atoms with Crippen molar-refractivity contribution in [1.82, 2.24) is 5.32 Å². The quantitative estimate of drug-likeness (QED) is 0.631. The fourth-order valence-electron chi connectivity index (χ4n) is 3.66. The van der Waals surface area contributed by atoms with E-state index in [4.69, 9.17) is 0 Å². The number of amides is 2. The molecule has 2 atom stereocenters. The summed E-state index contributed by atoms with van der Waals surface area (Å²) in [6.45, 7) is 1.80. The Balaban J connectivity index is 1.70. The lowest BCUT2D eigenvalue weighted by atomic mass is 9.85. The summed E-state index contributed by atoms with van der Waals surface area (Å²) in [5, 5.41) is 3.33. The van der Waals surface area contributed by atoms with Gasteiger partial charge in [0.05, 0.1) is 17.5 Å². The fourth-order valence-corrected chi connectivity index (χ4v) is 3.66. The summed E-state index contributed by atoms with van der Waals surface area (Å²) in [7, 11) is 0. The van der Waals surface area contributed by atoms with Gasteiger partial charge in [-0.05, 0) is 49.1 Å². The molecule has 0 radical (unpaired) electrons. The molecule has 2 unspecified atom stereocenters. The number of carbonyl (C=O) groups excluding carboxylic acids is 2. The Hall–Kier alpha value is -1.94. The van der Waals surface area contributed by atoms with Gasteiger partial charge in [0.2, 0.25) is 11.8 Å². The maximum absolute atomic E-state index is 12.6. The lowest BCUT2D eigenvalue weighted by Gasteiger charge is -2.21. The smallest absolute Gasteiger partial charge is 0.238 e. The summed E-state index contributed by atoms with van der Waals surface area (Å²) in [5.41, 5.74) is 3.25. The van der Waals surface area contributed by atoms with E-state index in [1.807, 2.05) is 24.3 Å². The van der Waals surface area contributed by atoms with Crippen molar-refractivity contribution in [2.24, 2.45) is 11.8 Å². The molecule has 0 aromatic heterocycles. The Labute approximate surface area is 123 Å². The molecule has 2 aliphatic heterocycles. The number of benzene rings is 1. The summed E-state index contributed by atoms with van der Waals surface area (Å²) in [5.74, 6) is -0.371. The van der Waals surface area contributed by atoms with Crippen molar-refractivity contribution in [3.63, 3.8) is 0 Å². The van der Waals surface area contributed by atoms with Crippen molar-refractivity contribution < 1.29 is 9.59 Å². The summed E-state index contributed by atoms with van der Waals surface area (Å²) < 4.78 is 0. The molecule has 1 saturated heterocycles. The van der Waals surface area contributed by atoms with E-state index in [0.29, 0.717) is 12.8 Å². The van der Waals surface area contributed by atoms with E-state index in [2.05, 4.69) is 11.4 Å². The van der Waals surface area contributed by atoms with E-state index in [1.54, 1.807) is 0 Å². The van der Waals surface area contributed by atoms with Gasteiger partial charge in [-0.3, -0.25) is 14.5 Å². The highest BCUT2D eigenvalue weighted by atomic mass is 16.2. The topological polar surface area (TPSA) is 49.4 Å². The van der Waals surface area contributed by atoms with Crippen LogP contribution in [0.3, 0.4) is 0 Å².